The molecule has 3 unspecified atom stereocenters. The topological polar surface area (TPSA) is 0 Å². The van der Waals surface area contributed by atoms with E-state index in [1.165, 1.54) is 12.3 Å². The van der Waals surface area contributed by atoms with Gasteiger partial charge in [0.15, 0.2) is 0 Å². The highest BCUT2D eigenvalue weighted by molar-refractivity contribution is 6.25. The van der Waals surface area contributed by atoms with Gasteiger partial charge in [-0.2, -0.15) is 0 Å². The van der Waals surface area contributed by atoms with Crippen LogP contribution in [0.2, 0.25) is 0 Å². The van der Waals surface area contributed by atoms with Crippen molar-refractivity contribution in [3.05, 3.63) is 5.92 Å². The van der Waals surface area contributed by atoms with E-state index in [0.29, 0.717) is 5.38 Å². The molecular formula is C8H14Cl. The van der Waals surface area contributed by atoms with Crippen LogP contribution < -0.4 is 0 Å². The summed E-state index contributed by atoms with van der Waals surface area (Å²) in [6.45, 7) is 6.66. The highest BCUT2D eigenvalue weighted by atomic mass is 35.5. The summed E-state index contributed by atoms with van der Waals surface area (Å²) < 4.78 is 0. The Kier molecular flexibility index (Phi) is 2.05. The van der Waals surface area contributed by atoms with E-state index in [-0.39, 0.29) is 0 Å². The summed E-state index contributed by atoms with van der Waals surface area (Å²) in [5.41, 5.74) is 0. The van der Waals surface area contributed by atoms with Crippen molar-refractivity contribution in [2.75, 3.05) is 0 Å². The molecule has 0 saturated heterocycles. The number of rotatable bonds is 2. The first-order chi connectivity index (χ1) is 4.18. The van der Waals surface area contributed by atoms with Gasteiger partial charge in [0, 0.05) is 5.38 Å². The Morgan fingerprint density at radius 2 is 2.11 bits per heavy atom. The monoisotopic (exact) mass is 145 g/mol. The van der Waals surface area contributed by atoms with Gasteiger partial charge in [-0.25, -0.2) is 0 Å². The second-order valence-corrected chi connectivity index (χ2v) is 3.53. The van der Waals surface area contributed by atoms with Gasteiger partial charge in [-0.05, 0) is 17.8 Å². The Labute approximate surface area is 62.6 Å². The predicted molar refractivity (Wildman–Crippen MR) is 41.5 cm³/mol. The van der Waals surface area contributed by atoms with Crippen LogP contribution >= 0.6 is 11.6 Å². The molecule has 53 valence electrons. The zero-order valence-corrected chi connectivity index (χ0v) is 7.07. The fourth-order valence-electron chi connectivity index (χ4n) is 1.36. The Balaban J connectivity index is 2.31. The van der Waals surface area contributed by atoms with Crippen LogP contribution in [0.25, 0.3) is 0 Å². The lowest BCUT2D eigenvalue weighted by Gasteiger charge is -2.03. The summed E-state index contributed by atoms with van der Waals surface area (Å²) in [5, 5.41) is 0.403. The van der Waals surface area contributed by atoms with Gasteiger partial charge in [-0.15, -0.1) is 11.6 Å². The second-order valence-electron chi connectivity index (χ2n) is 3.06. The van der Waals surface area contributed by atoms with E-state index >= 15 is 0 Å². The van der Waals surface area contributed by atoms with E-state index in [0.717, 1.165) is 11.8 Å². The largest absolute Gasteiger partial charge is 0.122 e. The number of halogens is 1. The molecule has 0 amide bonds. The molecule has 3 atom stereocenters. The zero-order valence-electron chi connectivity index (χ0n) is 6.32. The molecule has 0 heterocycles. The van der Waals surface area contributed by atoms with E-state index in [1.807, 2.05) is 0 Å². The molecule has 0 aromatic heterocycles. The Morgan fingerprint density at radius 1 is 1.67 bits per heavy atom. The first-order valence-electron chi connectivity index (χ1n) is 3.65. The van der Waals surface area contributed by atoms with Gasteiger partial charge in [0.1, 0.15) is 0 Å². The van der Waals surface area contributed by atoms with Crippen LogP contribution in [0.1, 0.15) is 27.2 Å². The predicted octanol–water partition coefficient (Wildman–Crippen LogP) is 2.86. The molecule has 0 bridgehead atoms. The lowest BCUT2D eigenvalue weighted by Crippen LogP contribution is -1.96. The van der Waals surface area contributed by atoms with Crippen molar-refractivity contribution < 1.29 is 0 Å². The molecule has 0 N–H and O–H groups in total. The number of hydrogen-bond acceptors (Lipinski definition) is 0. The molecule has 0 aliphatic heterocycles. The van der Waals surface area contributed by atoms with Gasteiger partial charge in [-0.1, -0.05) is 27.2 Å². The molecular weight excluding hydrogens is 132 g/mol. The average molecular weight is 146 g/mol. The molecule has 0 aromatic rings. The van der Waals surface area contributed by atoms with Crippen LogP contribution in [0, 0.1) is 17.8 Å². The summed E-state index contributed by atoms with van der Waals surface area (Å²) in [5.74, 6) is 3.02. The number of hydrogen-bond donors (Lipinski definition) is 0. The van der Waals surface area contributed by atoms with Crippen LogP contribution in [0.4, 0.5) is 0 Å². The highest BCUT2D eigenvalue weighted by Crippen LogP contribution is 2.51. The molecule has 0 aromatic carbocycles. The molecule has 9 heavy (non-hydrogen) atoms. The van der Waals surface area contributed by atoms with Crippen LogP contribution in [-0.2, 0) is 0 Å². The zero-order chi connectivity index (χ0) is 7.02. The summed E-state index contributed by atoms with van der Waals surface area (Å²) >= 11 is 5.94. The first-order valence-corrected chi connectivity index (χ1v) is 4.09. The van der Waals surface area contributed by atoms with Crippen LogP contribution in [-0.4, -0.2) is 5.38 Å². The average Bonchev–Trinajstić information content (AvgIpc) is 2.40. The third kappa shape index (κ3) is 1.24. The van der Waals surface area contributed by atoms with E-state index in [2.05, 4.69) is 20.8 Å². The minimum Gasteiger partial charge on any atom is -0.122 e. The lowest BCUT2D eigenvalue weighted by atomic mass is 10.0. The van der Waals surface area contributed by atoms with Crippen LogP contribution in [0.15, 0.2) is 0 Å². The lowest BCUT2D eigenvalue weighted by molar-refractivity contribution is 0.500. The molecule has 1 radical (unpaired) electrons. The summed E-state index contributed by atoms with van der Waals surface area (Å²) in [7, 11) is 0. The van der Waals surface area contributed by atoms with Crippen molar-refractivity contribution in [1.82, 2.24) is 0 Å². The second kappa shape index (κ2) is 2.49. The molecule has 1 heteroatoms. The quantitative estimate of drug-likeness (QED) is 0.525. The Bertz CT molecular complexity index is 92.7. The fourth-order valence-corrected chi connectivity index (χ4v) is 1.88. The highest BCUT2D eigenvalue weighted by Gasteiger charge is 2.48. The molecule has 1 aliphatic carbocycles. The standard InChI is InChI=1S/C8H14Cl/c1-4-5(2)7-6(3)8(7)9/h5,7-8H,4H2,1-3H3. The fraction of sp³-hybridized carbons (Fsp3) is 0.875. The van der Waals surface area contributed by atoms with Gasteiger partial charge in [-0.3, -0.25) is 0 Å². The summed E-state index contributed by atoms with van der Waals surface area (Å²) in [6.07, 6.45) is 1.26. The summed E-state index contributed by atoms with van der Waals surface area (Å²) in [4.78, 5) is 0. The van der Waals surface area contributed by atoms with Crippen molar-refractivity contribution in [2.45, 2.75) is 32.6 Å². The van der Waals surface area contributed by atoms with E-state index in [9.17, 15) is 0 Å². The van der Waals surface area contributed by atoms with Gasteiger partial charge in [0.05, 0.1) is 0 Å². The third-order valence-corrected chi connectivity index (χ3v) is 3.04. The first kappa shape index (κ1) is 7.40. The van der Waals surface area contributed by atoms with E-state index < -0.39 is 0 Å². The number of alkyl halides is 1. The maximum absolute atomic E-state index is 5.94. The van der Waals surface area contributed by atoms with Crippen LogP contribution in [0.5, 0.6) is 0 Å². The molecule has 1 saturated carbocycles. The Morgan fingerprint density at radius 3 is 2.22 bits per heavy atom. The normalized spacial score (nSPS) is 38.7. The van der Waals surface area contributed by atoms with Crippen molar-refractivity contribution in [2.24, 2.45) is 11.8 Å². The smallest absolute Gasteiger partial charge is 0.0435 e. The van der Waals surface area contributed by atoms with Gasteiger partial charge in [0.25, 0.3) is 0 Å². The van der Waals surface area contributed by atoms with Gasteiger partial charge >= 0.3 is 0 Å². The van der Waals surface area contributed by atoms with Crippen molar-refractivity contribution >= 4 is 11.6 Å². The van der Waals surface area contributed by atoms with Crippen molar-refractivity contribution in [1.29, 1.82) is 0 Å². The van der Waals surface area contributed by atoms with Crippen molar-refractivity contribution in [3.8, 4) is 0 Å². The van der Waals surface area contributed by atoms with Crippen LogP contribution in [0.3, 0.4) is 0 Å². The maximum atomic E-state index is 5.94. The molecule has 1 aliphatic rings. The Hall–Kier alpha value is 0.290. The van der Waals surface area contributed by atoms with E-state index in [4.69, 9.17) is 11.6 Å². The molecule has 0 spiro atoms. The maximum Gasteiger partial charge on any atom is 0.0435 e. The van der Waals surface area contributed by atoms with Gasteiger partial charge < -0.3 is 0 Å². The molecule has 0 nitrogen and oxygen atoms in total. The minimum absolute atomic E-state index is 0.403. The minimum atomic E-state index is 0.403. The van der Waals surface area contributed by atoms with Gasteiger partial charge in [0.2, 0.25) is 0 Å². The summed E-state index contributed by atoms with van der Waals surface area (Å²) in [6, 6.07) is 0. The molecule has 1 fully saturated rings. The SMILES string of the molecule is CCC(C)C1[C](C)C1Cl. The third-order valence-electron chi connectivity index (χ3n) is 2.42. The van der Waals surface area contributed by atoms with E-state index in [1.54, 1.807) is 0 Å². The van der Waals surface area contributed by atoms with Crippen molar-refractivity contribution in [3.63, 3.8) is 0 Å². The molecule has 1 rings (SSSR count).